The number of carboxylic acids is 1. The van der Waals surface area contributed by atoms with Gasteiger partial charge in [0.05, 0.1) is 12.5 Å². The molecule has 0 aromatic heterocycles. The summed E-state index contributed by atoms with van der Waals surface area (Å²) >= 11 is 0. The summed E-state index contributed by atoms with van der Waals surface area (Å²) in [5, 5.41) is 14.8. The number of carbonyl (C=O) groups excluding carboxylic acids is 1. The zero-order valence-electron chi connectivity index (χ0n) is 13.4. The van der Waals surface area contributed by atoms with Crippen molar-refractivity contribution in [1.29, 1.82) is 0 Å². The van der Waals surface area contributed by atoms with Crippen LogP contribution in [0.2, 0.25) is 0 Å². The van der Waals surface area contributed by atoms with Crippen molar-refractivity contribution in [2.75, 3.05) is 19.0 Å². The highest BCUT2D eigenvalue weighted by Crippen LogP contribution is 2.24. The van der Waals surface area contributed by atoms with Crippen molar-refractivity contribution in [3.05, 3.63) is 29.8 Å². The van der Waals surface area contributed by atoms with E-state index in [1.165, 1.54) is 0 Å². The molecule has 0 saturated heterocycles. The normalized spacial score (nSPS) is 20.7. The van der Waals surface area contributed by atoms with Gasteiger partial charge in [0.1, 0.15) is 0 Å². The van der Waals surface area contributed by atoms with E-state index in [-0.39, 0.29) is 18.0 Å². The Balaban J connectivity index is 1.85. The molecule has 23 heavy (non-hydrogen) atoms. The third-order valence-electron chi connectivity index (χ3n) is 4.25. The molecule has 1 fully saturated rings. The molecular weight excluding hydrogens is 296 g/mol. The quantitative estimate of drug-likeness (QED) is 0.752. The molecule has 0 atom stereocenters. The van der Waals surface area contributed by atoms with Crippen LogP contribution in [-0.2, 0) is 16.0 Å². The van der Waals surface area contributed by atoms with E-state index < -0.39 is 5.97 Å². The molecule has 1 aliphatic rings. The first-order valence-corrected chi connectivity index (χ1v) is 7.97. The standard InChI is InChI=1S/C17H24N2O4/c1-23-11-10-12-4-2-3-5-15(12)19-17(22)18-14-8-6-13(7-9-14)16(20)21/h2-5,13-14H,6-11H2,1H3,(H,20,21)(H2,18,19,22). The van der Waals surface area contributed by atoms with Gasteiger partial charge in [-0.2, -0.15) is 0 Å². The van der Waals surface area contributed by atoms with Crippen LogP contribution in [0.25, 0.3) is 0 Å². The summed E-state index contributed by atoms with van der Waals surface area (Å²) in [6.45, 7) is 0.597. The van der Waals surface area contributed by atoms with Gasteiger partial charge < -0.3 is 20.5 Å². The van der Waals surface area contributed by atoms with Crippen molar-refractivity contribution in [1.82, 2.24) is 5.32 Å². The highest BCUT2D eigenvalue weighted by atomic mass is 16.5. The van der Waals surface area contributed by atoms with Gasteiger partial charge in [-0.1, -0.05) is 18.2 Å². The molecule has 0 radical (unpaired) electrons. The average molecular weight is 320 g/mol. The third kappa shape index (κ3) is 5.25. The molecule has 2 amide bonds. The number of hydrogen-bond donors (Lipinski definition) is 3. The van der Waals surface area contributed by atoms with Crippen LogP contribution in [0, 0.1) is 5.92 Å². The van der Waals surface area contributed by atoms with Gasteiger partial charge >= 0.3 is 12.0 Å². The largest absolute Gasteiger partial charge is 0.481 e. The first-order valence-electron chi connectivity index (χ1n) is 7.97. The van der Waals surface area contributed by atoms with Crippen LogP contribution in [-0.4, -0.2) is 36.9 Å². The van der Waals surface area contributed by atoms with Gasteiger partial charge in [-0.15, -0.1) is 0 Å². The fraction of sp³-hybridized carbons (Fsp3) is 0.529. The SMILES string of the molecule is COCCc1ccccc1NC(=O)NC1CCC(C(=O)O)CC1. The lowest BCUT2D eigenvalue weighted by Gasteiger charge is -2.27. The highest BCUT2D eigenvalue weighted by Gasteiger charge is 2.26. The molecular formula is C17H24N2O4. The summed E-state index contributed by atoms with van der Waals surface area (Å²) in [5.41, 5.74) is 1.81. The zero-order valence-corrected chi connectivity index (χ0v) is 13.4. The molecule has 2 rings (SSSR count). The summed E-state index contributed by atoms with van der Waals surface area (Å²) in [6.07, 6.45) is 3.37. The van der Waals surface area contributed by atoms with Crippen LogP contribution >= 0.6 is 0 Å². The topological polar surface area (TPSA) is 87.7 Å². The van der Waals surface area contributed by atoms with E-state index in [0.717, 1.165) is 17.7 Å². The van der Waals surface area contributed by atoms with Gasteiger partial charge in [-0.3, -0.25) is 4.79 Å². The lowest BCUT2D eigenvalue weighted by atomic mass is 9.86. The molecule has 6 heteroatoms. The lowest BCUT2D eigenvalue weighted by Crippen LogP contribution is -2.41. The van der Waals surface area contributed by atoms with E-state index in [1.54, 1.807) is 7.11 Å². The number of methoxy groups -OCH3 is 1. The predicted octanol–water partition coefficient (Wildman–Crippen LogP) is 2.64. The van der Waals surface area contributed by atoms with E-state index in [1.807, 2.05) is 24.3 Å². The smallest absolute Gasteiger partial charge is 0.319 e. The number of urea groups is 1. The number of ether oxygens (including phenoxy) is 1. The fourth-order valence-electron chi connectivity index (χ4n) is 2.90. The number of rotatable bonds is 6. The first kappa shape index (κ1) is 17.3. The van der Waals surface area contributed by atoms with Crippen LogP contribution in [0.3, 0.4) is 0 Å². The molecule has 1 aromatic rings. The van der Waals surface area contributed by atoms with Crippen molar-refractivity contribution in [3.8, 4) is 0 Å². The number of benzene rings is 1. The van der Waals surface area contributed by atoms with Crippen LogP contribution in [0.5, 0.6) is 0 Å². The minimum Gasteiger partial charge on any atom is -0.481 e. The molecule has 0 aliphatic heterocycles. The second-order valence-corrected chi connectivity index (χ2v) is 5.89. The molecule has 6 nitrogen and oxygen atoms in total. The van der Waals surface area contributed by atoms with Gasteiger partial charge in [0.25, 0.3) is 0 Å². The fourth-order valence-corrected chi connectivity index (χ4v) is 2.90. The Kier molecular flexibility index (Phi) is 6.40. The molecule has 1 saturated carbocycles. The molecule has 0 bridgehead atoms. The van der Waals surface area contributed by atoms with Gasteiger partial charge in [0, 0.05) is 18.8 Å². The maximum absolute atomic E-state index is 12.2. The number of carbonyl (C=O) groups is 2. The molecule has 1 aliphatic carbocycles. The highest BCUT2D eigenvalue weighted by molar-refractivity contribution is 5.90. The Bertz CT molecular complexity index is 539. The van der Waals surface area contributed by atoms with Gasteiger partial charge in [-0.25, -0.2) is 4.79 Å². The minimum absolute atomic E-state index is 0.0386. The van der Waals surface area contributed by atoms with Crippen molar-refractivity contribution in [2.45, 2.75) is 38.1 Å². The second-order valence-electron chi connectivity index (χ2n) is 5.89. The summed E-state index contributed by atoms with van der Waals surface area (Å²) < 4.78 is 5.08. The molecule has 1 aromatic carbocycles. The summed E-state index contributed by atoms with van der Waals surface area (Å²) in [6, 6.07) is 7.44. The van der Waals surface area contributed by atoms with Crippen molar-refractivity contribution in [3.63, 3.8) is 0 Å². The zero-order chi connectivity index (χ0) is 16.7. The Morgan fingerprint density at radius 1 is 1.22 bits per heavy atom. The first-order chi connectivity index (χ1) is 11.1. The Labute approximate surface area is 136 Å². The van der Waals surface area contributed by atoms with Crippen LogP contribution in [0.1, 0.15) is 31.2 Å². The van der Waals surface area contributed by atoms with E-state index in [0.29, 0.717) is 32.3 Å². The molecule has 0 spiro atoms. The number of para-hydroxylation sites is 1. The summed E-state index contributed by atoms with van der Waals surface area (Å²) in [4.78, 5) is 23.1. The monoisotopic (exact) mass is 320 g/mol. The number of anilines is 1. The van der Waals surface area contributed by atoms with Crippen molar-refractivity contribution in [2.24, 2.45) is 5.92 Å². The van der Waals surface area contributed by atoms with Crippen LogP contribution < -0.4 is 10.6 Å². The van der Waals surface area contributed by atoms with Gasteiger partial charge in [0.15, 0.2) is 0 Å². The number of amides is 2. The van der Waals surface area contributed by atoms with Crippen LogP contribution in [0.15, 0.2) is 24.3 Å². The van der Waals surface area contributed by atoms with E-state index in [9.17, 15) is 9.59 Å². The van der Waals surface area contributed by atoms with Gasteiger partial charge in [0.2, 0.25) is 0 Å². The number of nitrogens with one attached hydrogen (secondary N) is 2. The van der Waals surface area contributed by atoms with Gasteiger partial charge in [-0.05, 0) is 43.7 Å². The predicted molar refractivity (Wildman–Crippen MR) is 87.6 cm³/mol. The average Bonchev–Trinajstić information content (AvgIpc) is 2.54. The van der Waals surface area contributed by atoms with Crippen LogP contribution in [0.4, 0.5) is 10.5 Å². The Morgan fingerprint density at radius 2 is 1.91 bits per heavy atom. The second kappa shape index (κ2) is 8.53. The number of carboxylic acid groups (broad SMARTS) is 1. The number of hydrogen-bond acceptors (Lipinski definition) is 3. The third-order valence-corrected chi connectivity index (χ3v) is 4.25. The Hall–Kier alpha value is -2.08. The van der Waals surface area contributed by atoms with E-state index >= 15 is 0 Å². The maximum atomic E-state index is 12.2. The maximum Gasteiger partial charge on any atom is 0.319 e. The molecule has 0 heterocycles. The van der Waals surface area contributed by atoms with Crippen molar-refractivity contribution >= 4 is 17.7 Å². The summed E-state index contributed by atoms with van der Waals surface area (Å²) in [5.74, 6) is -1.01. The summed E-state index contributed by atoms with van der Waals surface area (Å²) in [7, 11) is 1.65. The van der Waals surface area contributed by atoms with E-state index in [2.05, 4.69) is 10.6 Å². The molecule has 126 valence electrons. The Morgan fingerprint density at radius 3 is 2.57 bits per heavy atom. The lowest BCUT2D eigenvalue weighted by molar-refractivity contribution is -0.142. The number of aliphatic carboxylic acids is 1. The van der Waals surface area contributed by atoms with Crippen molar-refractivity contribution < 1.29 is 19.4 Å². The van der Waals surface area contributed by atoms with E-state index in [4.69, 9.17) is 9.84 Å². The molecule has 0 unspecified atom stereocenters. The molecule has 3 N–H and O–H groups in total. The minimum atomic E-state index is -0.736.